The van der Waals surface area contributed by atoms with Crippen LogP contribution in [0.25, 0.3) is 22.9 Å². The molecule has 0 bridgehead atoms. The standard InChI is InChI=1S/C24H18N4O8S2.O3S/c25-22-12-6-17-13-20(37(31,32)33)10-11-21(17)24(22)27-26-18-7-2-15(3-8-18)1-4-16-5-9-19(28(29)30)14-23(16)38(34,35)36;1-4(2)3/h1-14H,25H2,(H,31,32,33)(H,34,35,36);. The van der Waals surface area contributed by atoms with E-state index in [0.29, 0.717) is 33.4 Å². The summed E-state index contributed by atoms with van der Waals surface area (Å²) in [5, 5.41) is 20.3. The van der Waals surface area contributed by atoms with Gasteiger partial charge in [0.15, 0.2) is 0 Å². The van der Waals surface area contributed by atoms with E-state index in [1.807, 2.05) is 0 Å². The van der Waals surface area contributed by atoms with Crippen molar-refractivity contribution >= 4 is 76.5 Å². The van der Waals surface area contributed by atoms with Crippen molar-refractivity contribution in [1.29, 1.82) is 0 Å². The van der Waals surface area contributed by atoms with Crippen LogP contribution in [0.5, 0.6) is 0 Å². The van der Waals surface area contributed by atoms with Gasteiger partial charge in [-0.3, -0.25) is 19.2 Å². The van der Waals surface area contributed by atoms with Gasteiger partial charge in [0.2, 0.25) is 0 Å². The van der Waals surface area contributed by atoms with Gasteiger partial charge < -0.3 is 5.73 Å². The number of anilines is 1. The lowest BCUT2D eigenvalue weighted by atomic mass is 10.1. The Kier molecular flexibility index (Phi) is 9.60. The quantitative estimate of drug-likeness (QED) is 0.0638. The Bertz CT molecular complexity index is 2070. The highest BCUT2D eigenvalue weighted by molar-refractivity contribution is 7.86. The molecule has 4 rings (SSSR count). The minimum atomic E-state index is -4.70. The summed E-state index contributed by atoms with van der Waals surface area (Å²) in [5.41, 5.74) is 7.31. The maximum atomic E-state index is 11.7. The van der Waals surface area contributed by atoms with Gasteiger partial charge in [-0.05, 0) is 52.9 Å². The molecule has 0 amide bonds. The summed E-state index contributed by atoms with van der Waals surface area (Å²) in [6, 6.07) is 16.8. The van der Waals surface area contributed by atoms with Crippen molar-refractivity contribution < 1.29 is 43.5 Å². The van der Waals surface area contributed by atoms with Crippen LogP contribution in [0.2, 0.25) is 0 Å². The number of nitrogen functional groups attached to an aromatic ring is 1. The maximum Gasteiger partial charge on any atom is 0.425 e. The van der Waals surface area contributed by atoms with Crippen LogP contribution in [0.1, 0.15) is 11.1 Å². The van der Waals surface area contributed by atoms with Gasteiger partial charge in [-0.15, -0.1) is 17.7 Å². The van der Waals surface area contributed by atoms with Crippen molar-refractivity contribution in [3.8, 4) is 0 Å². The molecule has 0 aliphatic carbocycles. The van der Waals surface area contributed by atoms with E-state index in [-0.39, 0.29) is 10.5 Å². The van der Waals surface area contributed by atoms with Crippen LogP contribution in [-0.4, -0.2) is 43.5 Å². The van der Waals surface area contributed by atoms with Crippen LogP contribution < -0.4 is 5.73 Å². The average molecular weight is 635 g/mol. The van der Waals surface area contributed by atoms with E-state index < -0.39 is 46.4 Å². The Hall–Kier alpha value is -4.88. The molecule has 0 spiro atoms. The third-order valence-electron chi connectivity index (χ3n) is 5.39. The van der Waals surface area contributed by atoms with Gasteiger partial charge in [-0.25, -0.2) is 0 Å². The molecule has 0 heterocycles. The lowest BCUT2D eigenvalue weighted by Crippen LogP contribution is -2.02. The van der Waals surface area contributed by atoms with Crippen molar-refractivity contribution in [1.82, 2.24) is 0 Å². The molecule has 0 aliphatic rings. The summed E-state index contributed by atoms with van der Waals surface area (Å²) >= 11 is 0. The van der Waals surface area contributed by atoms with Crippen molar-refractivity contribution in [2.45, 2.75) is 9.79 Å². The zero-order valence-corrected chi connectivity index (χ0v) is 23.2. The Labute approximate surface area is 239 Å². The third-order valence-corrected chi connectivity index (χ3v) is 7.15. The molecule has 0 radical (unpaired) electrons. The number of azo groups is 1. The molecule has 0 saturated heterocycles. The number of non-ortho nitro benzene ring substituents is 1. The van der Waals surface area contributed by atoms with Gasteiger partial charge in [-0.2, -0.15) is 21.9 Å². The topological polar surface area (TPSA) is 254 Å². The van der Waals surface area contributed by atoms with Gasteiger partial charge in [0.25, 0.3) is 25.9 Å². The zero-order valence-electron chi connectivity index (χ0n) is 20.8. The van der Waals surface area contributed by atoms with E-state index >= 15 is 0 Å². The summed E-state index contributed by atoms with van der Waals surface area (Å²) in [6.07, 6.45) is 2.94. The second-order valence-electron chi connectivity index (χ2n) is 8.14. The molecule has 0 fully saturated rings. The van der Waals surface area contributed by atoms with E-state index in [1.54, 1.807) is 36.4 Å². The zero-order chi connectivity index (χ0) is 31.2. The first-order valence-electron chi connectivity index (χ1n) is 11.1. The number of nitro groups is 1. The second kappa shape index (κ2) is 12.7. The summed E-state index contributed by atoms with van der Waals surface area (Å²) in [4.78, 5) is 9.31. The van der Waals surface area contributed by atoms with E-state index in [9.17, 15) is 36.1 Å². The number of benzene rings is 4. The molecular weight excluding hydrogens is 616 g/mol. The molecule has 4 aromatic carbocycles. The van der Waals surface area contributed by atoms with E-state index in [1.165, 1.54) is 36.4 Å². The first-order valence-corrected chi connectivity index (χ1v) is 15.0. The lowest BCUT2D eigenvalue weighted by molar-refractivity contribution is -0.385. The second-order valence-corrected chi connectivity index (χ2v) is 11.4. The van der Waals surface area contributed by atoms with Gasteiger partial charge in [-0.1, -0.05) is 36.4 Å². The number of hydrogen-bond donors (Lipinski definition) is 3. The Morgan fingerprint density at radius 3 is 2.02 bits per heavy atom. The van der Waals surface area contributed by atoms with Crippen LogP contribution in [0, 0.1) is 10.1 Å². The van der Waals surface area contributed by atoms with Gasteiger partial charge in [0.05, 0.1) is 21.2 Å². The van der Waals surface area contributed by atoms with Gasteiger partial charge >= 0.3 is 10.6 Å². The molecule has 15 nitrogen and oxygen atoms in total. The van der Waals surface area contributed by atoms with Gasteiger partial charge in [0, 0.05) is 17.5 Å². The first-order chi connectivity index (χ1) is 19.6. The number of nitro benzene ring substituents is 1. The Morgan fingerprint density at radius 2 is 1.45 bits per heavy atom. The van der Waals surface area contributed by atoms with E-state index in [2.05, 4.69) is 10.2 Å². The first kappa shape index (κ1) is 31.6. The predicted molar refractivity (Wildman–Crippen MR) is 150 cm³/mol. The molecule has 0 aliphatic heterocycles. The molecule has 18 heteroatoms. The number of fused-ring (bicyclic) bond motifs is 1. The number of hydrogen-bond acceptors (Lipinski definition) is 12. The fourth-order valence-corrected chi connectivity index (χ4v) is 4.74. The number of rotatable bonds is 7. The maximum absolute atomic E-state index is 11.7. The fraction of sp³-hybridized carbons (Fsp3) is 0. The largest absolute Gasteiger partial charge is 0.425 e. The molecule has 4 aromatic rings. The van der Waals surface area contributed by atoms with Crippen molar-refractivity contribution in [2.24, 2.45) is 10.2 Å². The number of nitrogens with two attached hydrogens (primary N) is 1. The summed E-state index contributed by atoms with van der Waals surface area (Å²) in [7, 11) is -12.2. The smallest absolute Gasteiger partial charge is 0.397 e. The lowest BCUT2D eigenvalue weighted by Gasteiger charge is -2.06. The highest BCUT2D eigenvalue weighted by Gasteiger charge is 2.19. The summed E-state index contributed by atoms with van der Waals surface area (Å²) in [6.45, 7) is 0. The molecule has 0 saturated carbocycles. The minimum Gasteiger partial charge on any atom is -0.397 e. The average Bonchev–Trinajstić information content (AvgIpc) is 2.90. The fourth-order valence-electron chi connectivity index (χ4n) is 3.52. The summed E-state index contributed by atoms with van der Waals surface area (Å²) in [5.74, 6) is 0. The highest BCUT2D eigenvalue weighted by Crippen LogP contribution is 2.34. The van der Waals surface area contributed by atoms with Crippen LogP contribution in [0.3, 0.4) is 0 Å². The third kappa shape index (κ3) is 8.32. The van der Waals surface area contributed by atoms with E-state index in [4.69, 9.17) is 18.4 Å². The van der Waals surface area contributed by atoms with Gasteiger partial charge in [0.1, 0.15) is 10.6 Å². The van der Waals surface area contributed by atoms with Crippen molar-refractivity contribution in [2.75, 3.05) is 5.73 Å². The molecule has 0 unspecified atom stereocenters. The Balaban J connectivity index is 0.00000114. The van der Waals surface area contributed by atoms with Crippen LogP contribution in [-0.2, 0) is 30.8 Å². The van der Waals surface area contributed by atoms with Crippen LogP contribution in [0.15, 0.2) is 92.8 Å². The normalized spacial score (nSPS) is 11.9. The van der Waals surface area contributed by atoms with Crippen molar-refractivity contribution in [3.63, 3.8) is 0 Å². The molecule has 0 atom stereocenters. The molecule has 42 heavy (non-hydrogen) atoms. The molecule has 0 aromatic heterocycles. The van der Waals surface area contributed by atoms with Crippen LogP contribution >= 0.6 is 0 Å². The molecule has 218 valence electrons. The monoisotopic (exact) mass is 634 g/mol. The minimum absolute atomic E-state index is 0.0606. The highest BCUT2D eigenvalue weighted by atomic mass is 32.2. The Morgan fingerprint density at radius 1 is 0.810 bits per heavy atom. The van der Waals surface area contributed by atoms with Crippen molar-refractivity contribution in [3.05, 3.63) is 94.0 Å². The molecule has 4 N–H and O–H groups in total. The van der Waals surface area contributed by atoms with Crippen LogP contribution in [0.4, 0.5) is 22.7 Å². The predicted octanol–water partition coefficient (Wildman–Crippen LogP) is 4.41. The molecular formula is C24H18N4O11S3. The number of nitrogens with zero attached hydrogens (tertiary/aromatic N) is 3. The SMILES string of the molecule is Nc1ccc2cc(S(=O)(=O)O)ccc2c1N=Nc1ccc(C=Cc2ccc([N+](=O)[O-])cc2S(=O)(=O)O)cc1.O=S(=O)=O. The summed E-state index contributed by atoms with van der Waals surface area (Å²) < 4.78 is 90.2. The van der Waals surface area contributed by atoms with E-state index in [0.717, 1.165) is 12.1 Å².